The Labute approximate surface area is 170 Å². The molecule has 1 aliphatic carbocycles. The smallest absolute Gasteiger partial charge is 0.407 e. The van der Waals surface area contributed by atoms with E-state index in [4.69, 9.17) is 14.0 Å². The van der Waals surface area contributed by atoms with Crippen molar-refractivity contribution in [2.24, 2.45) is 0 Å². The van der Waals surface area contributed by atoms with E-state index in [-0.39, 0.29) is 29.5 Å². The molecule has 0 atom stereocenters. The fourth-order valence-corrected chi connectivity index (χ4v) is 3.68. The number of hydrogen-bond donors (Lipinski definition) is 2. The van der Waals surface area contributed by atoms with Crippen LogP contribution in [0.2, 0.25) is 0 Å². The zero-order valence-electron chi connectivity index (χ0n) is 15.9. The number of hydrogen-bond acceptors (Lipinski definition) is 7. The number of benzene rings is 1. The lowest BCUT2D eigenvalue weighted by atomic mass is 9.80. The third kappa shape index (κ3) is 3.40. The summed E-state index contributed by atoms with van der Waals surface area (Å²) in [5.74, 6) is 1.33. The molecular formula is C20H19N5O5. The van der Waals surface area contributed by atoms with Gasteiger partial charge in [0.2, 0.25) is 11.8 Å². The van der Waals surface area contributed by atoms with E-state index in [9.17, 15) is 9.59 Å². The molecule has 3 heterocycles. The van der Waals surface area contributed by atoms with Crippen LogP contribution in [0.1, 0.15) is 46.9 Å². The molecular weight excluding hydrogens is 390 g/mol. The highest BCUT2D eigenvalue weighted by atomic mass is 16.5. The highest BCUT2D eigenvalue weighted by molar-refractivity contribution is 5.93. The Morgan fingerprint density at radius 3 is 2.47 bits per heavy atom. The number of amides is 2. The van der Waals surface area contributed by atoms with Crippen LogP contribution in [0.4, 0.5) is 4.79 Å². The van der Waals surface area contributed by atoms with E-state index >= 15 is 0 Å². The van der Waals surface area contributed by atoms with Crippen LogP contribution in [-0.4, -0.2) is 56.5 Å². The number of carbonyl (C=O) groups excluding carboxylic acids is 1. The van der Waals surface area contributed by atoms with Crippen molar-refractivity contribution in [1.82, 2.24) is 25.6 Å². The van der Waals surface area contributed by atoms with Gasteiger partial charge in [0.05, 0.1) is 5.92 Å². The molecule has 2 amide bonds. The molecule has 0 bridgehead atoms. The summed E-state index contributed by atoms with van der Waals surface area (Å²) in [4.78, 5) is 24.6. The molecule has 3 aromatic rings. The molecule has 1 aromatic carbocycles. The Morgan fingerprint density at radius 1 is 1.07 bits per heavy atom. The van der Waals surface area contributed by atoms with E-state index in [1.54, 1.807) is 6.07 Å². The van der Waals surface area contributed by atoms with Crippen LogP contribution in [0.15, 0.2) is 45.3 Å². The minimum absolute atomic E-state index is 0.000861. The molecule has 0 radical (unpaired) electrons. The predicted octanol–water partition coefficient (Wildman–Crippen LogP) is 2.48. The van der Waals surface area contributed by atoms with Gasteiger partial charge in [-0.3, -0.25) is 4.79 Å². The first-order chi connectivity index (χ1) is 14.6. The lowest BCUT2D eigenvalue weighted by Gasteiger charge is -2.35. The highest BCUT2D eigenvalue weighted by Crippen LogP contribution is 2.37. The Hall–Kier alpha value is -3.69. The quantitative estimate of drug-likeness (QED) is 0.656. The van der Waals surface area contributed by atoms with Crippen molar-refractivity contribution in [2.45, 2.75) is 30.7 Å². The maximum Gasteiger partial charge on any atom is 0.407 e. The second kappa shape index (κ2) is 7.29. The molecule has 0 spiro atoms. The van der Waals surface area contributed by atoms with Crippen molar-refractivity contribution in [2.75, 3.05) is 13.1 Å². The molecule has 2 N–H and O–H groups in total. The molecule has 30 heavy (non-hydrogen) atoms. The third-order valence-corrected chi connectivity index (χ3v) is 5.58. The molecule has 1 saturated heterocycles. The van der Waals surface area contributed by atoms with Gasteiger partial charge in [-0.2, -0.15) is 0 Å². The summed E-state index contributed by atoms with van der Waals surface area (Å²) in [7, 11) is 0. The van der Waals surface area contributed by atoms with Crippen molar-refractivity contribution in [1.29, 1.82) is 0 Å². The molecule has 1 aliphatic heterocycles. The van der Waals surface area contributed by atoms with Crippen molar-refractivity contribution >= 4 is 12.0 Å². The van der Waals surface area contributed by atoms with Crippen LogP contribution >= 0.6 is 0 Å². The van der Waals surface area contributed by atoms with Gasteiger partial charge in [-0.15, -0.1) is 10.2 Å². The van der Waals surface area contributed by atoms with E-state index in [2.05, 4.69) is 20.7 Å². The number of aromatic nitrogens is 3. The van der Waals surface area contributed by atoms with Crippen molar-refractivity contribution in [3.8, 4) is 11.3 Å². The van der Waals surface area contributed by atoms with E-state index < -0.39 is 6.09 Å². The van der Waals surface area contributed by atoms with Gasteiger partial charge >= 0.3 is 6.09 Å². The Kier molecular flexibility index (Phi) is 4.46. The average Bonchev–Trinajstić information content (AvgIpc) is 3.33. The van der Waals surface area contributed by atoms with Crippen molar-refractivity contribution in [3.63, 3.8) is 0 Å². The molecule has 2 fully saturated rings. The number of likely N-dealkylation sites (tertiary alicyclic amines) is 1. The Morgan fingerprint density at radius 2 is 1.77 bits per heavy atom. The van der Waals surface area contributed by atoms with Crippen LogP contribution in [0.25, 0.3) is 11.3 Å². The van der Waals surface area contributed by atoms with Gasteiger partial charge < -0.3 is 24.3 Å². The number of carbonyl (C=O) groups is 2. The SMILES string of the molecule is O=C(N[C@H]1C[C@H](c2nnc(C3CN(C(=O)O)C3)o2)C1)c1cc(-c2ccccc2)on1. The minimum atomic E-state index is -0.938. The average molecular weight is 409 g/mol. The lowest BCUT2D eigenvalue weighted by Crippen LogP contribution is -2.47. The maximum atomic E-state index is 12.4. The first-order valence-corrected chi connectivity index (χ1v) is 9.71. The summed E-state index contributed by atoms with van der Waals surface area (Å²) in [6, 6.07) is 11.1. The summed E-state index contributed by atoms with van der Waals surface area (Å²) >= 11 is 0. The molecule has 10 heteroatoms. The minimum Gasteiger partial charge on any atom is -0.465 e. The number of nitrogens with one attached hydrogen (secondary N) is 1. The molecule has 2 aliphatic rings. The van der Waals surface area contributed by atoms with Gasteiger partial charge in [-0.1, -0.05) is 35.5 Å². The van der Waals surface area contributed by atoms with E-state index in [1.165, 1.54) is 4.90 Å². The van der Waals surface area contributed by atoms with Gasteiger partial charge in [-0.05, 0) is 12.8 Å². The lowest BCUT2D eigenvalue weighted by molar-refractivity contribution is 0.0885. The molecule has 1 saturated carbocycles. The van der Waals surface area contributed by atoms with Crippen molar-refractivity contribution in [3.05, 3.63) is 53.9 Å². The van der Waals surface area contributed by atoms with Crippen LogP contribution in [-0.2, 0) is 0 Å². The first-order valence-electron chi connectivity index (χ1n) is 9.71. The monoisotopic (exact) mass is 409 g/mol. The van der Waals surface area contributed by atoms with Gasteiger partial charge in [0.1, 0.15) is 0 Å². The maximum absolute atomic E-state index is 12.4. The first kappa shape index (κ1) is 18.3. The van der Waals surface area contributed by atoms with E-state index in [0.717, 1.165) is 5.56 Å². The molecule has 10 nitrogen and oxygen atoms in total. The van der Waals surface area contributed by atoms with Gasteiger partial charge in [0.25, 0.3) is 5.91 Å². The molecule has 5 rings (SSSR count). The second-order valence-corrected chi connectivity index (χ2v) is 7.64. The summed E-state index contributed by atoms with van der Waals surface area (Å²) < 4.78 is 11.0. The summed E-state index contributed by atoms with van der Waals surface area (Å²) in [6.45, 7) is 0.756. The molecule has 154 valence electrons. The van der Waals surface area contributed by atoms with Crippen LogP contribution in [0.3, 0.4) is 0 Å². The van der Waals surface area contributed by atoms with E-state index in [0.29, 0.717) is 43.5 Å². The topological polar surface area (TPSA) is 135 Å². The van der Waals surface area contributed by atoms with Gasteiger partial charge in [-0.25, -0.2) is 4.79 Å². The van der Waals surface area contributed by atoms with Crippen molar-refractivity contribution < 1.29 is 23.6 Å². The van der Waals surface area contributed by atoms with Crippen LogP contribution in [0.5, 0.6) is 0 Å². The van der Waals surface area contributed by atoms with E-state index in [1.807, 2.05) is 30.3 Å². The number of carboxylic acid groups (broad SMARTS) is 1. The van der Waals surface area contributed by atoms with Gasteiger partial charge in [0, 0.05) is 36.7 Å². The molecule has 0 unspecified atom stereocenters. The van der Waals surface area contributed by atoms with Crippen LogP contribution < -0.4 is 5.32 Å². The zero-order chi connectivity index (χ0) is 20.7. The van der Waals surface area contributed by atoms with Crippen LogP contribution in [0, 0.1) is 0 Å². The highest BCUT2D eigenvalue weighted by Gasteiger charge is 2.39. The standard InChI is InChI=1S/C20H19N5O5/c26-17(15-8-16(30-24-15)11-4-2-1-3-5-11)21-14-6-12(7-14)18-22-23-19(29-18)13-9-25(10-13)20(27)28/h1-5,8,12-14H,6-7,9-10H2,(H,21,26)(H,27,28)/t12-,14-. The predicted molar refractivity (Wildman–Crippen MR) is 102 cm³/mol. The largest absolute Gasteiger partial charge is 0.465 e. The summed E-state index contributed by atoms with van der Waals surface area (Å²) in [5.41, 5.74) is 1.10. The fraction of sp³-hybridized carbons (Fsp3) is 0.350. The second-order valence-electron chi connectivity index (χ2n) is 7.64. The molecule has 2 aromatic heterocycles. The number of nitrogens with zero attached hydrogens (tertiary/aromatic N) is 4. The summed E-state index contributed by atoms with van der Waals surface area (Å²) in [5, 5.41) is 23.9. The normalized spacial score (nSPS) is 21.0. The Bertz CT molecular complexity index is 1070. The fourth-order valence-electron chi connectivity index (χ4n) is 3.68. The zero-order valence-corrected chi connectivity index (χ0v) is 15.9. The summed E-state index contributed by atoms with van der Waals surface area (Å²) in [6.07, 6.45) is 0.456. The Balaban J connectivity index is 1.12. The number of rotatable bonds is 5. The third-order valence-electron chi connectivity index (χ3n) is 5.58. The van der Waals surface area contributed by atoms with Gasteiger partial charge in [0.15, 0.2) is 11.5 Å².